The Kier molecular flexibility index (Phi) is 6.87. The molecule has 1 fully saturated rings. The fraction of sp³-hybridized carbons (Fsp3) is 0.273. The summed E-state index contributed by atoms with van der Waals surface area (Å²) in [6.45, 7) is 1.00. The molecule has 30 heavy (non-hydrogen) atoms. The molecular weight excluding hydrogens is 402 g/mol. The third-order valence-corrected chi connectivity index (χ3v) is 6.73. The fourth-order valence-corrected chi connectivity index (χ4v) is 4.77. The average Bonchev–Trinajstić information content (AvgIpc) is 2.78. The minimum atomic E-state index is -3.61. The summed E-state index contributed by atoms with van der Waals surface area (Å²) in [6.07, 6.45) is 4.18. The van der Waals surface area contributed by atoms with Gasteiger partial charge in [0.25, 0.3) is 5.91 Å². The van der Waals surface area contributed by atoms with Crippen molar-refractivity contribution >= 4 is 27.7 Å². The normalized spacial score (nSPS) is 15.3. The second-order valence-electron chi connectivity index (χ2n) is 6.89. The van der Waals surface area contributed by atoms with Gasteiger partial charge in [0.2, 0.25) is 10.0 Å². The molecule has 0 aromatic heterocycles. The predicted molar refractivity (Wildman–Crippen MR) is 114 cm³/mol. The van der Waals surface area contributed by atoms with Gasteiger partial charge in [0.05, 0.1) is 12.0 Å². The number of hydrogen-bond donors (Lipinski definition) is 1. The summed E-state index contributed by atoms with van der Waals surface area (Å²) < 4.78 is 32.3. The van der Waals surface area contributed by atoms with Gasteiger partial charge in [-0.05, 0) is 54.8 Å². The van der Waals surface area contributed by atoms with Crippen molar-refractivity contribution in [3.8, 4) is 11.8 Å². The maximum Gasteiger partial charge on any atom is 0.266 e. The van der Waals surface area contributed by atoms with Crippen LogP contribution >= 0.6 is 0 Å². The van der Waals surface area contributed by atoms with Gasteiger partial charge < -0.3 is 10.1 Å². The molecule has 8 heteroatoms. The summed E-state index contributed by atoms with van der Waals surface area (Å²) in [5, 5.41) is 12.0. The number of sulfonamides is 1. The monoisotopic (exact) mass is 425 g/mol. The molecular formula is C22H23N3O4S. The number of piperidine rings is 1. The Balaban J connectivity index is 1.78. The average molecular weight is 426 g/mol. The van der Waals surface area contributed by atoms with Crippen molar-refractivity contribution in [1.82, 2.24) is 4.31 Å². The molecule has 1 N–H and O–H groups in total. The van der Waals surface area contributed by atoms with Gasteiger partial charge in [-0.25, -0.2) is 8.42 Å². The molecule has 0 spiro atoms. The van der Waals surface area contributed by atoms with Crippen molar-refractivity contribution < 1.29 is 17.9 Å². The van der Waals surface area contributed by atoms with E-state index >= 15 is 0 Å². The summed E-state index contributed by atoms with van der Waals surface area (Å²) in [5.41, 5.74) is 0.891. The Bertz CT molecular complexity index is 1080. The van der Waals surface area contributed by atoms with Crippen molar-refractivity contribution in [2.45, 2.75) is 24.2 Å². The molecule has 0 bridgehead atoms. The van der Waals surface area contributed by atoms with Crippen LogP contribution in [0.4, 0.5) is 5.69 Å². The van der Waals surface area contributed by atoms with Crippen LogP contribution in [0.5, 0.6) is 5.75 Å². The first kappa shape index (κ1) is 21.6. The van der Waals surface area contributed by atoms with Crippen LogP contribution in [0.2, 0.25) is 0 Å². The summed E-state index contributed by atoms with van der Waals surface area (Å²) in [6, 6.07) is 14.9. The molecule has 3 rings (SSSR count). The van der Waals surface area contributed by atoms with Crippen LogP contribution in [-0.4, -0.2) is 38.8 Å². The van der Waals surface area contributed by atoms with Crippen LogP contribution in [-0.2, 0) is 14.8 Å². The van der Waals surface area contributed by atoms with Gasteiger partial charge in [0.1, 0.15) is 17.4 Å². The highest BCUT2D eigenvalue weighted by atomic mass is 32.2. The van der Waals surface area contributed by atoms with Crippen LogP contribution in [0.1, 0.15) is 24.8 Å². The van der Waals surface area contributed by atoms with Gasteiger partial charge in [-0.2, -0.15) is 9.57 Å². The smallest absolute Gasteiger partial charge is 0.266 e. The Morgan fingerprint density at radius 1 is 1.13 bits per heavy atom. The Labute approximate surface area is 176 Å². The van der Waals surface area contributed by atoms with E-state index in [4.69, 9.17) is 4.74 Å². The number of ether oxygens (including phenoxy) is 1. The van der Waals surface area contributed by atoms with E-state index in [1.807, 2.05) is 6.07 Å². The number of rotatable bonds is 6. The highest BCUT2D eigenvalue weighted by molar-refractivity contribution is 7.89. The van der Waals surface area contributed by atoms with Crippen molar-refractivity contribution in [3.05, 3.63) is 59.7 Å². The van der Waals surface area contributed by atoms with Crippen molar-refractivity contribution in [2.24, 2.45) is 0 Å². The first-order chi connectivity index (χ1) is 14.4. The number of nitrogens with one attached hydrogen (secondary N) is 1. The zero-order chi connectivity index (χ0) is 21.6. The van der Waals surface area contributed by atoms with E-state index in [0.717, 1.165) is 19.3 Å². The summed E-state index contributed by atoms with van der Waals surface area (Å²) in [5.74, 6) is 0.0580. The largest absolute Gasteiger partial charge is 0.497 e. The van der Waals surface area contributed by atoms with Crippen LogP contribution in [0.25, 0.3) is 6.08 Å². The van der Waals surface area contributed by atoms with Crippen molar-refractivity contribution in [1.29, 1.82) is 5.26 Å². The molecule has 1 heterocycles. The van der Waals surface area contributed by atoms with E-state index in [1.54, 1.807) is 43.5 Å². The third kappa shape index (κ3) is 5.06. The molecule has 1 saturated heterocycles. The molecule has 1 aliphatic heterocycles. The van der Waals surface area contributed by atoms with Gasteiger partial charge >= 0.3 is 0 Å². The standard InChI is InChI=1S/C22H23N3O4S/c1-29-20-10-8-17(9-11-20)14-18(16-23)22(26)24-19-6-5-7-21(15-19)30(27,28)25-12-3-2-4-13-25/h5-11,14-15H,2-4,12-13H2,1H3,(H,24,26)/b18-14+. The second-order valence-corrected chi connectivity index (χ2v) is 8.83. The van der Waals surface area contributed by atoms with Crippen LogP contribution in [0, 0.1) is 11.3 Å². The van der Waals surface area contributed by atoms with Crippen molar-refractivity contribution in [2.75, 3.05) is 25.5 Å². The maximum absolute atomic E-state index is 12.8. The van der Waals surface area contributed by atoms with E-state index in [1.165, 1.54) is 22.5 Å². The van der Waals surface area contributed by atoms with Gasteiger partial charge in [-0.15, -0.1) is 0 Å². The number of amides is 1. The van der Waals surface area contributed by atoms with Gasteiger partial charge in [0.15, 0.2) is 0 Å². The molecule has 0 radical (unpaired) electrons. The maximum atomic E-state index is 12.8. The molecule has 7 nitrogen and oxygen atoms in total. The number of anilines is 1. The lowest BCUT2D eigenvalue weighted by molar-refractivity contribution is -0.112. The minimum absolute atomic E-state index is 0.0931. The SMILES string of the molecule is COc1ccc(/C=C(\C#N)C(=O)Nc2cccc(S(=O)(=O)N3CCCCC3)c2)cc1. The number of nitrogens with zero attached hydrogens (tertiary/aromatic N) is 2. The lowest BCUT2D eigenvalue weighted by Gasteiger charge is -2.26. The molecule has 0 aliphatic carbocycles. The fourth-order valence-electron chi connectivity index (χ4n) is 3.20. The molecule has 156 valence electrons. The third-order valence-electron chi connectivity index (χ3n) is 4.84. The van der Waals surface area contributed by atoms with Crippen LogP contribution < -0.4 is 10.1 Å². The highest BCUT2D eigenvalue weighted by Crippen LogP contribution is 2.23. The summed E-state index contributed by atoms with van der Waals surface area (Å²) in [7, 11) is -2.06. The molecule has 0 saturated carbocycles. The van der Waals surface area contributed by atoms with E-state index in [2.05, 4.69) is 5.32 Å². The number of carbonyl (C=O) groups is 1. The lowest BCUT2D eigenvalue weighted by atomic mass is 10.1. The molecule has 2 aromatic carbocycles. The zero-order valence-corrected chi connectivity index (χ0v) is 17.5. The van der Waals surface area contributed by atoms with E-state index in [-0.39, 0.29) is 10.5 Å². The first-order valence-corrected chi connectivity index (χ1v) is 11.1. The Morgan fingerprint density at radius 2 is 1.83 bits per heavy atom. The van der Waals surface area contributed by atoms with E-state index in [0.29, 0.717) is 30.1 Å². The zero-order valence-electron chi connectivity index (χ0n) is 16.7. The minimum Gasteiger partial charge on any atom is -0.497 e. The number of methoxy groups -OCH3 is 1. The second kappa shape index (κ2) is 9.57. The van der Waals surface area contributed by atoms with Gasteiger partial charge in [-0.3, -0.25) is 4.79 Å². The quantitative estimate of drug-likeness (QED) is 0.565. The Hall–Kier alpha value is -3.15. The number of carbonyl (C=O) groups excluding carboxylic acids is 1. The molecule has 2 aromatic rings. The summed E-state index contributed by atoms with van der Waals surface area (Å²) in [4.78, 5) is 12.7. The molecule has 1 amide bonds. The van der Waals surface area contributed by atoms with E-state index < -0.39 is 15.9 Å². The van der Waals surface area contributed by atoms with Gasteiger partial charge in [0, 0.05) is 18.8 Å². The first-order valence-electron chi connectivity index (χ1n) is 9.61. The number of nitriles is 1. The molecule has 1 aliphatic rings. The van der Waals surface area contributed by atoms with Gasteiger partial charge in [-0.1, -0.05) is 24.6 Å². The lowest BCUT2D eigenvalue weighted by Crippen LogP contribution is -2.35. The predicted octanol–water partition coefficient (Wildman–Crippen LogP) is 3.42. The Morgan fingerprint density at radius 3 is 2.47 bits per heavy atom. The van der Waals surface area contributed by atoms with E-state index in [9.17, 15) is 18.5 Å². The number of benzene rings is 2. The molecule has 0 atom stereocenters. The summed E-state index contributed by atoms with van der Waals surface area (Å²) >= 11 is 0. The van der Waals surface area contributed by atoms with Crippen molar-refractivity contribution in [3.63, 3.8) is 0 Å². The van der Waals surface area contributed by atoms with Crippen LogP contribution in [0.15, 0.2) is 59.0 Å². The highest BCUT2D eigenvalue weighted by Gasteiger charge is 2.26. The number of hydrogen-bond acceptors (Lipinski definition) is 5. The topological polar surface area (TPSA) is 99.5 Å². The molecule has 0 unspecified atom stereocenters. The van der Waals surface area contributed by atoms with Crippen LogP contribution in [0.3, 0.4) is 0 Å².